The summed E-state index contributed by atoms with van der Waals surface area (Å²) in [6, 6.07) is 6.28. The summed E-state index contributed by atoms with van der Waals surface area (Å²) in [4.78, 5) is 30.4. The van der Waals surface area contributed by atoms with E-state index in [1.54, 1.807) is 12.3 Å². The molecule has 0 fully saturated rings. The minimum absolute atomic E-state index is 0.111. The summed E-state index contributed by atoms with van der Waals surface area (Å²) in [5.41, 5.74) is 1.84. The molecule has 0 bridgehead atoms. The van der Waals surface area contributed by atoms with Gasteiger partial charge in [-0.25, -0.2) is 15.0 Å². The summed E-state index contributed by atoms with van der Waals surface area (Å²) in [6.45, 7) is 0. The molecule has 0 unspecified atom stereocenters. The zero-order valence-corrected chi connectivity index (χ0v) is 16.5. The summed E-state index contributed by atoms with van der Waals surface area (Å²) >= 11 is 1.24. The number of H-pyrrole nitrogens is 1. The number of fused-ring (bicyclic) bond motifs is 4. The Bertz CT molecular complexity index is 1500. The molecule has 0 spiro atoms. The molecule has 0 radical (unpaired) electrons. The lowest BCUT2D eigenvalue weighted by Gasteiger charge is -2.13. The minimum atomic E-state index is -4.58. The zero-order chi connectivity index (χ0) is 21.2. The van der Waals surface area contributed by atoms with Gasteiger partial charge in [-0.15, -0.1) is 11.3 Å². The van der Waals surface area contributed by atoms with Crippen molar-refractivity contribution in [2.45, 2.75) is 6.18 Å². The molecule has 0 aliphatic rings. The highest BCUT2D eigenvalue weighted by molar-refractivity contribution is 7.25. The first-order chi connectivity index (χ1) is 14.2. The monoisotopic (exact) mass is 430 g/mol. The van der Waals surface area contributed by atoms with Crippen LogP contribution in [0, 0.1) is 0 Å². The minimum Gasteiger partial charge on any atom is -0.377 e. The lowest BCUT2D eigenvalue weighted by Crippen LogP contribution is -2.17. The Labute approximate surface area is 170 Å². The van der Waals surface area contributed by atoms with Crippen molar-refractivity contribution in [3.63, 3.8) is 0 Å². The number of alkyl halides is 3. The van der Waals surface area contributed by atoms with Gasteiger partial charge in [0.05, 0.1) is 33.3 Å². The highest BCUT2D eigenvalue weighted by Crippen LogP contribution is 2.35. The molecule has 11 heteroatoms. The molecule has 7 nitrogen and oxygen atoms in total. The number of halogens is 3. The van der Waals surface area contributed by atoms with E-state index in [2.05, 4.69) is 19.9 Å². The first-order valence-corrected chi connectivity index (χ1v) is 9.59. The largest absolute Gasteiger partial charge is 0.449 e. The van der Waals surface area contributed by atoms with E-state index < -0.39 is 12.0 Å². The van der Waals surface area contributed by atoms with E-state index in [0.29, 0.717) is 20.7 Å². The Morgan fingerprint density at radius 2 is 1.97 bits per heavy atom. The zero-order valence-electron chi connectivity index (χ0n) is 15.7. The van der Waals surface area contributed by atoms with Crippen molar-refractivity contribution in [2.24, 2.45) is 0 Å². The quantitative estimate of drug-likeness (QED) is 0.459. The van der Waals surface area contributed by atoms with Crippen LogP contribution in [-0.4, -0.2) is 38.6 Å². The third kappa shape index (κ3) is 2.73. The number of rotatable bonds is 2. The number of imidazole rings is 1. The smallest absolute Gasteiger partial charge is 0.377 e. The Balaban J connectivity index is 1.72. The fourth-order valence-electron chi connectivity index (χ4n) is 3.37. The van der Waals surface area contributed by atoms with E-state index in [9.17, 15) is 18.0 Å². The fraction of sp³-hybridized carbons (Fsp3) is 0.158. The summed E-state index contributed by atoms with van der Waals surface area (Å²) in [6.07, 6.45) is -1.53. The van der Waals surface area contributed by atoms with Crippen LogP contribution in [-0.2, 0) is 6.18 Å². The Hall–Kier alpha value is -3.47. The molecule has 4 heterocycles. The van der Waals surface area contributed by atoms with Crippen LogP contribution in [0.2, 0.25) is 0 Å². The van der Waals surface area contributed by atoms with E-state index in [1.807, 2.05) is 25.1 Å². The van der Waals surface area contributed by atoms with Crippen LogP contribution in [0.4, 0.5) is 18.9 Å². The maximum Gasteiger partial charge on any atom is 0.449 e. The van der Waals surface area contributed by atoms with E-state index >= 15 is 0 Å². The molecule has 0 aliphatic heterocycles. The van der Waals surface area contributed by atoms with Crippen molar-refractivity contribution < 1.29 is 13.2 Å². The van der Waals surface area contributed by atoms with E-state index in [0.717, 1.165) is 11.1 Å². The number of hydrogen-bond donors (Lipinski definition) is 1. The lowest BCUT2D eigenvalue weighted by atomic mass is 10.2. The van der Waals surface area contributed by atoms with Crippen LogP contribution in [0.15, 0.2) is 41.6 Å². The number of anilines is 1. The molecule has 0 saturated heterocycles. The second-order valence-electron chi connectivity index (χ2n) is 6.89. The van der Waals surface area contributed by atoms with Crippen LogP contribution in [0.1, 0.15) is 5.82 Å². The number of pyridine rings is 1. The average Bonchev–Trinajstić information content (AvgIpc) is 3.29. The second-order valence-corrected chi connectivity index (χ2v) is 7.89. The number of nitrogens with one attached hydrogen (secondary N) is 1. The highest BCUT2D eigenvalue weighted by atomic mass is 32.1. The maximum atomic E-state index is 13.2. The Kier molecular flexibility index (Phi) is 3.87. The lowest BCUT2D eigenvalue weighted by molar-refractivity contribution is -0.144. The van der Waals surface area contributed by atoms with Gasteiger partial charge in [0.2, 0.25) is 5.82 Å². The van der Waals surface area contributed by atoms with Gasteiger partial charge in [0.25, 0.3) is 5.56 Å². The molecule has 1 N–H and O–H groups in total. The number of thiophene rings is 1. The van der Waals surface area contributed by atoms with Crippen molar-refractivity contribution >= 4 is 48.5 Å². The van der Waals surface area contributed by atoms with Gasteiger partial charge in [-0.3, -0.25) is 9.36 Å². The van der Waals surface area contributed by atoms with Gasteiger partial charge in [0, 0.05) is 20.3 Å². The average molecular weight is 430 g/mol. The van der Waals surface area contributed by atoms with Crippen molar-refractivity contribution in [3.8, 4) is 5.69 Å². The molecular weight excluding hydrogens is 417 g/mol. The first kappa shape index (κ1) is 18.6. The van der Waals surface area contributed by atoms with Gasteiger partial charge < -0.3 is 9.88 Å². The van der Waals surface area contributed by atoms with E-state index in [4.69, 9.17) is 0 Å². The number of aromatic amines is 1. The number of aromatic nitrogens is 5. The molecule has 0 aliphatic carbocycles. The highest BCUT2D eigenvalue weighted by Gasteiger charge is 2.34. The van der Waals surface area contributed by atoms with Crippen LogP contribution < -0.4 is 10.5 Å². The summed E-state index contributed by atoms with van der Waals surface area (Å²) < 4.78 is 40.5. The Morgan fingerprint density at radius 3 is 2.70 bits per heavy atom. The number of nitrogens with zero attached hydrogens (tertiary/aromatic N) is 5. The molecule has 5 aromatic rings. The molecule has 0 amide bonds. The number of hydrogen-bond acceptors (Lipinski definition) is 6. The van der Waals surface area contributed by atoms with Gasteiger partial charge in [-0.05, 0) is 24.3 Å². The fourth-order valence-corrected chi connectivity index (χ4v) is 4.42. The van der Waals surface area contributed by atoms with Crippen LogP contribution >= 0.6 is 11.3 Å². The van der Waals surface area contributed by atoms with Crippen molar-refractivity contribution in [3.05, 3.63) is 53.0 Å². The van der Waals surface area contributed by atoms with Gasteiger partial charge in [0.1, 0.15) is 15.9 Å². The van der Waals surface area contributed by atoms with Crippen molar-refractivity contribution in [1.29, 1.82) is 0 Å². The SMILES string of the molecule is CN(C)c1ccnc2sc3c(=O)n(-c4ccc5[nH]c(C(F)(F)F)nc5c4)cnc3c12. The van der Waals surface area contributed by atoms with Gasteiger partial charge in [-0.2, -0.15) is 13.2 Å². The number of benzene rings is 1. The molecule has 0 atom stereocenters. The van der Waals surface area contributed by atoms with E-state index in [1.165, 1.54) is 34.4 Å². The first-order valence-electron chi connectivity index (χ1n) is 8.77. The summed E-state index contributed by atoms with van der Waals surface area (Å²) in [5, 5.41) is 0.796. The third-order valence-electron chi connectivity index (χ3n) is 4.76. The van der Waals surface area contributed by atoms with Crippen LogP contribution in [0.5, 0.6) is 0 Å². The van der Waals surface area contributed by atoms with Crippen molar-refractivity contribution in [2.75, 3.05) is 19.0 Å². The molecule has 0 saturated carbocycles. The standard InChI is InChI=1S/C19H13F3N6OS/c1-27(2)12-5-6-23-16-13(12)14-15(30-16)17(29)28(8-24-14)9-3-4-10-11(7-9)26-18(25-10)19(20,21)22/h3-8H,1-2H3,(H,25,26). The predicted molar refractivity (Wildman–Crippen MR) is 109 cm³/mol. The van der Waals surface area contributed by atoms with Crippen molar-refractivity contribution in [1.82, 2.24) is 24.5 Å². The molecular formula is C19H13F3N6OS. The summed E-state index contributed by atoms with van der Waals surface area (Å²) in [7, 11) is 3.79. The van der Waals surface area contributed by atoms with Crippen LogP contribution in [0.25, 0.3) is 37.2 Å². The Morgan fingerprint density at radius 1 is 1.17 bits per heavy atom. The molecule has 5 rings (SSSR count). The molecule has 152 valence electrons. The topological polar surface area (TPSA) is 79.7 Å². The maximum absolute atomic E-state index is 13.2. The molecule has 4 aromatic heterocycles. The van der Waals surface area contributed by atoms with Gasteiger partial charge in [-0.1, -0.05) is 0 Å². The van der Waals surface area contributed by atoms with Crippen LogP contribution in [0.3, 0.4) is 0 Å². The third-order valence-corrected chi connectivity index (χ3v) is 5.83. The summed E-state index contributed by atoms with van der Waals surface area (Å²) in [5.74, 6) is -1.08. The second kappa shape index (κ2) is 6.26. The van der Waals surface area contributed by atoms with Gasteiger partial charge in [0.15, 0.2) is 0 Å². The molecule has 30 heavy (non-hydrogen) atoms. The predicted octanol–water partition coefficient (Wildman–Crippen LogP) is 3.96. The molecule has 1 aromatic carbocycles. The van der Waals surface area contributed by atoms with Gasteiger partial charge >= 0.3 is 6.18 Å². The normalized spacial score (nSPS) is 12.3. The van der Waals surface area contributed by atoms with E-state index in [-0.39, 0.29) is 16.6 Å².